The predicted molar refractivity (Wildman–Crippen MR) is 36.0 cm³/mol. The summed E-state index contributed by atoms with van der Waals surface area (Å²) < 4.78 is 0. The Bertz CT molecular complexity index is 40.3. The Kier molecular flexibility index (Phi) is 89.1. The summed E-state index contributed by atoms with van der Waals surface area (Å²) in [6.07, 6.45) is -1.83. The van der Waals surface area contributed by atoms with Crippen LogP contribution >= 0.6 is 0 Å². The first-order chi connectivity index (χ1) is 1.73. The van der Waals surface area contributed by atoms with Gasteiger partial charge in [0.15, 0.2) is 0 Å². The average molecular weight is 172 g/mol. The van der Waals surface area contributed by atoms with Gasteiger partial charge in [-0.3, -0.25) is 4.70 Å². The molecule has 8 heavy (non-hydrogen) atoms. The van der Waals surface area contributed by atoms with E-state index in [0.29, 0.717) is 0 Å². The van der Waals surface area contributed by atoms with Crippen molar-refractivity contribution in [2.45, 2.75) is 0 Å². The van der Waals surface area contributed by atoms with Gasteiger partial charge in [-0.05, 0) is 0 Å². The number of hydrogen-bond acceptors (Lipinski definition) is 1. The third-order valence-electron chi connectivity index (χ3n) is 0. The number of carboxylic acid groups (broad SMARTS) is 2. The van der Waals surface area contributed by atoms with Crippen molar-refractivity contribution in [3.05, 3.63) is 0 Å². The van der Waals surface area contributed by atoms with Crippen LogP contribution in [0.2, 0.25) is 0 Å². The predicted octanol–water partition coefficient (Wildman–Crippen LogP) is -1.84. The zero-order chi connectivity index (χ0) is 3.58. The zero-order valence-electron chi connectivity index (χ0n) is 2.21. The monoisotopic (exact) mass is 172 g/mol. The first-order valence-electron chi connectivity index (χ1n) is 0.651. The minimum absolute atomic E-state index is 0. The molecule has 0 amide bonds. The van der Waals surface area contributed by atoms with E-state index in [0.717, 1.165) is 0 Å². The molecule has 0 rings (SSSR count). The first kappa shape index (κ1) is 31.4. The summed E-state index contributed by atoms with van der Waals surface area (Å²) in [5.41, 5.74) is 0. The third kappa shape index (κ3) is 77.8. The van der Waals surface area contributed by atoms with E-state index in [1.54, 1.807) is 0 Å². The molecule has 40 valence electrons. The van der Waals surface area contributed by atoms with Crippen LogP contribution in [0.25, 0.3) is 0 Å². The fourth-order valence-corrected chi connectivity index (χ4v) is 0. The van der Waals surface area contributed by atoms with Gasteiger partial charge in [0.05, 0.1) is 0 Å². The molecule has 2 N–H and O–H groups in total. The van der Waals surface area contributed by atoms with Crippen LogP contribution in [-0.2, 0) is 0 Å². The standard InChI is InChI=1S/CH2O3.Ca.FH.2Na.4H/c2-1(3)4;;;;;;;;/h(H2,2,3,4);;1H;;;;;;. The molecule has 0 radical (unpaired) electrons. The van der Waals surface area contributed by atoms with Crippen LogP contribution in [0.1, 0.15) is 0 Å². The second kappa shape index (κ2) is 22.7. The molecule has 0 aliphatic rings. The third-order valence-corrected chi connectivity index (χ3v) is 0. The number of rotatable bonds is 0. The van der Waals surface area contributed by atoms with E-state index in [1.165, 1.54) is 0 Å². The van der Waals surface area contributed by atoms with Gasteiger partial charge in [0.25, 0.3) is 0 Å². The van der Waals surface area contributed by atoms with Crippen LogP contribution < -0.4 is 0 Å². The van der Waals surface area contributed by atoms with Gasteiger partial charge in [0.1, 0.15) is 0 Å². The Labute approximate surface area is 120 Å². The quantitative estimate of drug-likeness (QED) is 0.422. The molecule has 0 atom stereocenters. The maximum atomic E-state index is 8.56. The number of hydrogen-bond donors (Lipinski definition) is 2. The van der Waals surface area contributed by atoms with E-state index >= 15 is 0 Å². The van der Waals surface area contributed by atoms with Gasteiger partial charge in [0.2, 0.25) is 0 Å². The Hall–Kier alpha value is 2.46. The molecule has 0 saturated heterocycles. The molecule has 0 spiro atoms. The fraction of sp³-hybridized carbons (Fsp3) is 0. The summed E-state index contributed by atoms with van der Waals surface area (Å²) in [6.45, 7) is 0. The van der Waals surface area contributed by atoms with Crippen molar-refractivity contribution in [3.63, 3.8) is 0 Å². The summed E-state index contributed by atoms with van der Waals surface area (Å²) in [7, 11) is 0. The average Bonchev–Trinajstić information content (AvgIpc) is 0.811. The van der Waals surface area contributed by atoms with Crippen LogP contribution in [0.3, 0.4) is 0 Å². The van der Waals surface area contributed by atoms with E-state index in [2.05, 4.69) is 0 Å². The molecule has 7 heteroatoms. The normalized spacial score (nSPS) is 3.00. The molecule has 0 aromatic rings. The van der Waals surface area contributed by atoms with E-state index in [9.17, 15) is 0 Å². The van der Waals surface area contributed by atoms with Gasteiger partial charge in [-0.25, -0.2) is 4.79 Å². The van der Waals surface area contributed by atoms with E-state index in [4.69, 9.17) is 15.0 Å². The molecular weight excluding hydrogens is 165 g/mol. The molecule has 3 nitrogen and oxygen atoms in total. The second-order valence-electron chi connectivity index (χ2n) is 0.283. The van der Waals surface area contributed by atoms with Gasteiger partial charge in [0, 0.05) is 0 Å². The summed E-state index contributed by atoms with van der Waals surface area (Å²) in [5, 5.41) is 13.9. The summed E-state index contributed by atoms with van der Waals surface area (Å²) in [5.74, 6) is 0. The molecule has 0 fully saturated rings. The summed E-state index contributed by atoms with van der Waals surface area (Å²) in [6, 6.07) is 0. The molecule has 0 aliphatic carbocycles. The van der Waals surface area contributed by atoms with Gasteiger partial charge in [-0.1, -0.05) is 0 Å². The zero-order valence-corrected chi connectivity index (χ0v) is 2.21. The molecule has 0 bridgehead atoms. The van der Waals surface area contributed by atoms with Crippen LogP contribution in [0, 0.1) is 0 Å². The van der Waals surface area contributed by atoms with Crippen molar-refractivity contribution < 1.29 is 19.7 Å². The molecule has 0 saturated carbocycles. The van der Waals surface area contributed by atoms with Crippen LogP contribution in [0.15, 0.2) is 0 Å². The van der Waals surface area contributed by atoms with Crippen molar-refractivity contribution in [2.75, 3.05) is 0 Å². The van der Waals surface area contributed by atoms with Crippen molar-refractivity contribution in [3.8, 4) is 0 Å². The maximum absolute atomic E-state index is 8.56. The topological polar surface area (TPSA) is 57.5 Å². The van der Waals surface area contributed by atoms with E-state index < -0.39 is 6.16 Å². The van der Waals surface area contributed by atoms with E-state index in [-0.39, 0.29) is 102 Å². The Morgan fingerprint density at radius 3 is 1.12 bits per heavy atom. The summed E-state index contributed by atoms with van der Waals surface area (Å²) in [4.78, 5) is 8.56. The number of halogens is 1. The van der Waals surface area contributed by atoms with Gasteiger partial charge in [-0.2, -0.15) is 0 Å². The molecule has 0 aromatic carbocycles. The van der Waals surface area contributed by atoms with Gasteiger partial charge in [-0.15, -0.1) is 0 Å². The number of carbonyl (C=O) groups is 1. The molecule has 0 aliphatic heterocycles. The van der Waals surface area contributed by atoms with Gasteiger partial charge >= 0.3 is 103 Å². The Morgan fingerprint density at radius 1 is 1.12 bits per heavy atom. The van der Waals surface area contributed by atoms with Crippen LogP contribution in [-0.4, -0.2) is 113 Å². The Morgan fingerprint density at radius 2 is 1.12 bits per heavy atom. The van der Waals surface area contributed by atoms with Gasteiger partial charge < -0.3 is 10.2 Å². The van der Waals surface area contributed by atoms with Crippen molar-refractivity contribution in [1.29, 1.82) is 0 Å². The van der Waals surface area contributed by atoms with Crippen molar-refractivity contribution in [1.82, 2.24) is 0 Å². The Balaban J connectivity index is -0.00000000750. The van der Waals surface area contributed by atoms with Crippen molar-refractivity contribution in [2.24, 2.45) is 0 Å². The minimum atomic E-state index is -1.83. The van der Waals surface area contributed by atoms with Crippen LogP contribution in [0.4, 0.5) is 9.50 Å². The molecule has 0 heterocycles. The molecule has 0 aromatic heterocycles. The van der Waals surface area contributed by atoms with Crippen LogP contribution in [0.5, 0.6) is 0 Å². The van der Waals surface area contributed by atoms with Crippen molar-refractivity contribution >= 4 is 103 Å². The first-order valence-corrected chi connectivity index (χ1v) is 0.651. The van der Waals surface area contributed by atoms with E-state index in [1.807, 2.05) is 0 Å². The fourth-order valence-electron chi connectivity index (χ4n) is 0. The summed E-state index contributed by atoms with van der Waals surface area (Å²) >= 11 is 0. The molecular formula is CH7CaFNa2O3. The SMILES string of the molecule is F.O=C(O)O.[CaH2].[NaH].[NaH]. The molecule has 0 unspecified atom stereocenters. The second-order valence-corrected chi connectivity index (χ2v) is 0.283.